The van der Waals surface area contributed by atoms with E-state index in [4.69, 9.17) is 0 Å². The first-order chi connectivity index (χ1) is 10.8. The Bertz CT molecular complexity index is 655. The summed E-state index contributed by atoms with van der Waals surface area (Å²) in [6, 6.07) is 2.51. The summed E-state index contributed by atoms with van der Waals surface area (Å²) < 4.78 is 23.3. The Morgan fingerprint density at radius 3 is 2.74 bits per heavy atom. The van der Waals surface area contributed by atoms with E-state index in [0.29, 0.717) is 17.8 Å². The average molecular weight is 358 g/mol. The number of amides is 2. The van der Waals surface area contributed by atoms with E-state index in [0.717, 1.165) is 6.42 Å². The van der Waals surface area contributed by atoms with Crippen LogP contribution in [0.3, 0.4) is 0 Å². The summed E-state index contributed by atoms with van der Waals surface area (Å²) >= 11 is 1.31. The van der Waals surface area contributed by atoms with E-state index in [1.807, 2.05) is 6.92 Å². The Morgan fingerprint density at radius 2 is 2.22 bits per heavy atom. The summed E-state index contributed by atoms with van der Waals surface area (Å²) in [5, 5.41) is 4.50. The number of carbonyl (C=O) groups excluding carboxylic acids is 2. The molecular formula is C15H22N2O4S2. The summed E-state index contributed by atoms with van der Waals surface area (Å²) in [5.74, 6) is -0.360. The molecule has 0 spiro atoms. The van der Waals surface area contributed by atoms with Crippen LogP contribution in [0.4, 0.5) is 0 Å². The third-order valence-corrected chi connectivity index (χ3v) is 6.48. The predicted molar refractivity (Wildman–Crippen MR) is 90.3 cm³/mol. The Morgan fingerprint density at radius 1 is 1.48 bits per heavy atom. The minimum atomic E-state index is -3.06. The van der Waals surface area contributed by atoms with Gasteiger partial charge >= 0.3 is 0 Å². The maximum atomic E-state index is 12.7. The van der Waals surface area contributed by atoms with Crippen molar-refractivity contribution in [2.75, 3.05) is 18.1 Å². The number of sulfone groups is 1. The number of rotatable bonds is 6. The molecule has 0 saturated carbocycles. The second-order valence-corrected chi connectivity index (χ2v) is 8.94. The van der Waals surface area contributed by atoms with E-state index in [1.54, 1.807) is 29.3 Å². The first kappa shape index (κ1) is 17.9. The Balaban J connectivity index is 2.03. The molecule has 1 aliphatic heterocycles. The topological polar surface area (TPSA) is 83.6 Å². The van der Waals surface area contributed by atoms with Crippen LogP contribution in [0.2, 0.25) is 0 Å². The molecule has 0 aromatic carbocycles. The molecule has 8 heteroatoms. The predicted octanol–water partition coefficient (Wildman–Crippen LogP) is 1.29. The number of hydrogen-bond acceptors (Lipinski definition) is 5. The highest BCUT2D eigenvalue weighted by molar-refractivity contribution is 7.91. The fourth-order valence-corrected chi connectivity index (χ4v) is 5.08. The molecular weight excluding hydrogens is 336 g/mol. The number of nitrogens with one attached hydrogen (secondary N) is 1. The summed E-state index contributed by atoms with van der Waals surface area (Å²) in [4.78, 5) is 26.9. The lowest BCUT2D eigenvalue weighted by atomic mass is 10.1. The Labute approximate surface area is 140 Å². The molecule has 6 nitrogen and oxygen atoms in total. The van der Waals surface area contributed by atoms with E-state index >= 15 is 0 Å². The van der Waals surface area contributed by atoms with Crippen LogP contribution in [0.15, 0.2) is 17.5 Å². The molecule has 23 heavy (non-hydrogen) atoms. The highest BCUT2D eigenvalue weighted by Crippen LogP contribution is 2.19. The monoisotopic (exact) mass is 358 g/mol. The summed E-state index contributed by atoms with van der Waals surface area (Å²) in [6.07, 6.45) is 1.22. The van der Waals surface area contributed by atoms with Gasteiger partial charge in [0.15, 0.2) is 9.84 Å². The zero-order chi connectivity index (χ0) is 17.0. The number of thiophene rings is 1. The van der Waals surface area contributed by atoms with Crippen molar-refractivity contribution in [1.29, 1.82) is 0 Å². The van der Waals surface area contributed by atoms with Crippen molar-refractivity contribution >= 4 is 33.0 Å². The van der Waals surface area contributed by atoms with Gasteiger partial charge in [0, 0.05) is 12.6 Å². The van der Waals surface area contributed by atoms with Gasteiger partial charge in [-0.05, 0) is 31.2 Å². The standard InChI is InChI=1S/C15H22N2O4S2/c1-3-7-17(12-6-9-23(20,21)10-12)15(19)11(2)16-14(18)13-5-4-8-22-13/h4-5,8,11-12H,3,6-7,9-10H2,1-2H3,(H,16,18). The van der Waals surface area contributed by atoms with Crippen LogP contribution in [0.5, 0.6) is 0 Å². The van der Waals surface area contributed by atoms with Crippen LogP contribution in [0, 0.1) is 0 Å². The molecule has 2 rings (SSSR count). The molecule has 0 aliphatic carbocycles. The maximum Gasteiger partial charge on any atom is 0.261 e. The third-order valence-electron chi connectivity index (χ3n) is 3.86. The van der Waals surface area contributed by atoms with Crippen LogP contribution in [0.1, 0.15) is 36.4 Å². The van der Waals surface area contributed by atoms with Gasteiger partial charge in [0.2, 0.25) is 5.91 Å². The van der Waals surface area contributed by atoms with Gasteiger partial charge in [0.25, 0.3) is 5.91 Å². The molecule has 1 fully saturated rings. The molecule has 1 aliphatic rings. The van der Waals surface area contributed by atoms with Gasteiger partial charge in [0.05, 0.1) is 16.4 Å². The normalized spacial score (nSPS) is 20.9. The van der Waals surface area contributed by atoms with Crippen LogP contribution in [-0.2, 0) is 14.6 Å². The van der Waals surface area contributed by atoms with Crippen molar-refractivity contribution in [3.63, 3.8) is 0 Å². The summed E-state index contributed by atoms with van der Waals surface area (Å²) in [6.45, 7) is 4.08. The lowest BCUT2D eigenvalue weighted by molar-refractivity contribution is -0.134. The van der Waals surface area contributed by atoms with Gasteiger partial charge < -0.3 is 10.2 Å². The fraction of sp³-hybridized carbons (Fsp3) is 0.600. The van der Waals surface area contributed by atoms with E-state index in [-0.39, 0.29) is 29.4 Å². The maximum absolute atomic E-state index is 12.7. The van der Waals surface area contributed by atoms with Crippen molar-refractivity contribution in [2.24, 2.45) is 0 Å². The van der Waals surface area contributed by atoms with E-state index < -0.39 is 15.9 Å². The minimum absolute atomic E-state index is 0.0182. The molecule has 2 unspecified atom stereocenters. The fourth-order valence-electron chi connectivity index (χ4n) is 2.72. The van der Waals surface area contributed by atoms with Crippen LogP contribution >= 0.6 is 11.3 Å². The van der Waals surface area contributed by atoms with Crippen LogP contribution in [-0.4, -0.2) is 55.3 Å². The van der Waals surface area contributed by atoms with Gasteiger partial charge in [-0.15, -0.1) is 11.3 Å². The largest absolute Gasteiger partial charge is 0.340 e. The third kappa shape index (κ3) is 4.54. The zero-order valence-corrected chi connectivity index (χ0v) is 15.0. The van der Waals surface area contributed by atoms with Crippen LogP contribution in [0.25, 0.3) is 0 Å². The van der Waals surface area contributed by atoms with Crippen molar-refractivity contribution in [3.8, 4) is 0 Å². The van der Waals surface area contributed by atoms with Gasteiger partial charge in [-0.2, -0.15) is 0 Å². The number of nitrogens with zero attached hydrogens (tertiary/aromatic N) is 1. The molecule has 0 bridgehead atoms. The van der Waals surface area contributed by atoms with Crippen LogP contribution < -0.4 is 5.32 Å². The van der Waals surface area contributed by atoms with Gasteiger partial charge in [0.1, 0.15) is 6.04 Å². The first-order valence-electron chi connectivity index (χ1n) is 7.69. The van der Waals surface area contributed by atoms with Crippen molar-refractivity contribution in [3.05, 3.63) is 22.4 Å². The average Bonchev–Trinajstić information content (AvgIpc) is 3.13. The quantitative estimate of drug-likeness (QED) is 0.831. The highest BCUT2D eigenvalue weighted by Gasteiger charge is 2.35. The smallest absolute Gasteiger partial charge is 0.261 e. The molecule has 2 amide bonds. The minimum Gasteiger partial charge on any atom is -0.340 e. The lowest BCUT2D eigenvalue weighted by Gasteiger charge is -2.30. The van der Waals surface area contributed by atoms with Gasteiger partial charge in [-0.3, -0.25) is 9.59 Å². The van der Waals surface area contributed by atoms with E-state index in [9.17, 15) is 18.0 Å². The van der Waals surface area contributed by atoms with Crippen molar-refractivity contribution in [1.82, 2.24) is 10.2 Å². The SMILES string of the molecule is CCCN(C(=O)C(C)NC(=O)c1cccs1)C1CCS(=O)(=O)C1. The number of hydrogen-bond donors (Lipinski definition) is 1. The molecule has 1 aromatic rings. The van der Waals surface area contributed by atoms with Crippen molar-refractivity contribution < 1.29 is 18.0 Å². The molecule has 2 heterocycles. The van der Waals surface area contributed by atoms with Gasteiger partial charge in [-0.1, -0.05) is 13.0 Å². The van der Waals surface area contributed by atoms with Gasteiger partial charge in [-0.25, -0.2) is 8.42 Å². The molecule has 0 radical (unpaired) electrons. The van der Waals surface area contributed by atoms with E-state index in [1.165, 1.54) is 11.3 Å². The Kier molecular flexibility index (Phi) is 5.80. The first-order valence-corrected chi connectivity index (χ1v) is 10.4. The number of carbonyl (C=O) groups is 2. The molecule has 128 valence electrons. The molecule has 1 aromatic heterocycles. The zero-order valence-electron chi connectivity index (χ0n) is 13.3. The second kappa shape index (κ2) is 7.44. The molecule has 1 saturated heterocycles. The summed E-state index contributed by atoms with van der Waals surface area (Å²) in [5.41, 5.74) is 0. The van der Waals surface area contributed by atoms with E-state index in [2.05, 4.69) is 5.32 Å². The molecule has 2 atom stereocenters. The summed E-state index contributed by atoms with van der Waals surface area (Å²) in [7, 11) is -3.06. The van der Waals surface area contributed by atoms with Crippen molar-refractivity contribution in [2.45, 2.75) is 38.8 Å². The second-order valence-electron chi connectivity index (χ2n) is 5.76. The molecule has 1 N–H and O–H groups in total. The Hall–Kier alpha value is -1.41. The highest BCUT2D eigenvalue weighted by atomic mass is 32.2. The lowest BCUT2D eigenvalue weighted by Crippen LogP contribution is -2.51.